The lowest BCUT2D eigenvalue weighted by Gasteiger charge is -2.38. The maximum absolute atomic E-state index is 11.8. The van der Waals surface area contributed by atoms with Crippen molar-refractivity contribution >= 4 is 5.91 Å². The van der Waals surface area contributed by atoms with Crippen molar-refractivity contribution in [2.24, 2.45) is 0 Å². The van der Waals surface area contributed by atoms with Crippen LogP contribution in [0.5, 0.6) is 0 Å². The third-order valence-electron chi connectivity index (χ3n) is 2.94. The average molecular weight is 214 g/mol. The monoisotopic (exact) mass is 214 g/mol. The number of rotatable bonds is 2. The molecule has 0 aliphatic carbocycles. The molecule has 1 aliphatic rings. The zero-order valence-corrected chi connectivity index (χ0v) is 10.2. The molecule has 1 N–H and O–H groups in total. The zero-order valence-electron chi connectivity index (χ0n) is 10.2. The van der Waals surface area contributed by atoms with Crippen LogP contribution in [-0.2, 0) is 4.79 Å². The normalized spacial score (nSPS) is 23.3. The van der Waals surface area contributed by atoms with E-state index in [0.29, 0.717) is 6.04 Å². The molecular weight excluding hydrogens is 192 g/mol. The SMILES string of the molecule is CN(C)C1CCCN(C(=O)C(C)(C)O)C1. The fourth-order valence-corrected chi connectivity index (χ4v) is 1.95. The summed E-state index contributed by atoms with van der Waals surface area (Å²) in [7, 11) is 4.06. The van der Waals surface area contributed by atoms with E-state index in [-0.39, 0.29) is 5.91 Å². The van der Waals surface area contributed by atoms with Crippen molar-refractivity contribution in [2.75, 3.05) is 27.2 Å². The molecule has 1 heterocycles. The van der Waals surface area contributed by atoms with Gasteiger partial charge in [-0.25, -0.2) is 0 Å². The molecule has 1 amide bonds. The summed E-state index contributed by atoms with van der Waals surface area (Å²) < 4.78 is 0. The fraction of sp³-hybridized carbons (Fsp3) is 0.909. The van der Waals surface area contributed by atoms with E-state index in [2.05, 4.69) is 4.90 Å². The molecule has 15 heavy (non-hydrogen) atoms. The summed E-state index contributed by atoms with van der Waals surface area (Å²) in [5.74, 6) is -0.158. The smallest absolute Gasteiger partial charge is 0.254 e. The molecule has 0 spiro atoms. The van der Waals surface area contributed by atoms with Gasteiger partial charge < -0.3 is 14.9 Å². The number of likely N-dealkylation sites (N-methyl/N-ethyl adjacent to an activating group) is 1. The molecule has 1 fully saturated rings. The number of amides is 1. The van der Waals surface area contributed by atoms with Gasteiger partial charge in [-0.15, -0.1) is 0 Å². The van der Waals surface area contributed by atoms with Crippen LogP contribution in [0.15, 0.2) is 0 Å². The molecule has 1 unspecified atom stereocenters. The zero-order chi connectivity index (χ0) is 11.6. The summed E-state index contributed by atoms with van der Waals surface area (Å²) >= 11 is 0. The van der Waals surface area contributed by atoms with Gasteiger partial charge in [0, 0.05) is 19.1 Å². The van der Waals surface area contributed by atoms with Gasteiger partial charge in [-0.3, -0.25) is 4.79 Å². The van der Waals surface area contributed by atoms with Crippen LogP contribution in [0.1, 0.15) is 26.7 Å². The Morgan fingerprint density at radius 2 is 2.07 bits per heavy atom. The van der Waals surface area contributed by atoms with Crippen molar-refractivity contribution < 1.29 is 9.90 Å². The van der Waals surface area contributed by atoms with Crippen LogP contribution >= 0.6 is 0 Å². The number of carbonyl (C=O) groups is 1. The molecule has 4 heteroatoms. The van der Waals surface area contributed by atoms with Crippen molar-refractivity contribution in [3.63, 3.8) is 0 Å². The van der Waals surface area contributed by atoms with E-state index in [0.717, 1.165) is 25.9 Å². The first-order valence-electron chi connectivity index (χ1n) is 5.50. The molecule has 0 aromatic carbocycles. The van der Waals surface area contributed by atoms with Crippen LogP contribution in [0.3, 0.4) is 0 Å². The van der Waals surface area contributed by atoms with Gasteiger partial charge >= 0.3 is 0 Å². The Morgan fingerprint density at radius 3 is 2.53 bits per heavy atom. The Hall–Kier alpha value is -0.610. The predicted molar refractivity (Wildman–Crippen MR) is 59.6 cm³/mol. The molecule has 88 valence electrons. The van der Waals surface area contributed by atoms with Crippen LogP contribution in [0.4, 0.5) is 0 Å². The number of nitrogens with zero attached hydrogens (tertiary/aromatic N) is 2. The highest BCUT2D eigenvalue weighted by Crippen LogP contribution is 2.17. The first kappa shape index (κ1) is 12.5. The molecule has 0 aromatic heterocycles. The summed E-state index contributed by atoms with van der Waals surface area (Å²) in [5.41, 5.74) is -1.24. The average Bonchev–Trinajstić information content (AvgIpc) is 2.15. The molecule has 0 aromatic rings. The van der Waals surface area contributed by atoms with Gasteiger partial charge in [-0.1, -0.05) is 0 Å². The van der Waals surface area contributed by atoms with Gasteiger partial charge in [0.1, 0.15) is 5.60 Å². The Kier molecular flexibility index (Phi) is 3.73. The molecule has 0 bridgehead atoms. The van der Waals surface area contributed by atoms with E-state index in [9.17, 15) is 9.90 Å². The number of aliphatic hydroxyl groups is 1. The Morgan fingerprint density at radius 1 is 1.47 bits per heavy atom. The lowest BCUT2D eigenvalue weighted by atomic mass is 10.0. The lowest BCUT2D eigenvalue weighted by molar-refractivity contribution is -0.149. The second-order valence-corrected chi connectivity index (χ2v) is 5.07. The molecule has 1 saturated heterocycles. The quantitative estimate of drug-likeness (QED) is 0.719. The van der Waals surface area contributed by atoms with E-state index in [1.165, 1.54) is 0 Å². The van der Waals surface area contributed by atoms with Crippen LogP contribution in [0, 0.1) is 0 Å². The predicted octanol–water partition coefficient (Wildman–Crippen LogP) is 0.310. The van der Waals surface area contributed by atoms with E-state index in [4.69, 9.17) is 0 Å². The summed E-state index contributed by atoms with van der Waals surface area (Å²) in [6.45, 7) is 4.60. The molecule has 1 aliphatic heterocycles. The van der Waals surface area contributed by atoms with Gasteiger partial charge in [0.25, 0.3) is 5.91 Å². The van der Waals surface area contributed by atoms with E-state index < -0.39 is 5.60 Å². The first-order chi connectivity index (χ1) is 6.82. The number of hydrogen-bond acceptors (Lipinski definition) is 3. The van der Waals surface area contributed by atoms with E-state index in [1.54, 1.807) is 18.7 Å². The van der Waals surface area contributed by atoms with Crippen molar-refractivity contribution in [2.45, 2.75) is 38.3 Å². The minimum atomic E-state index is -1.24. The minimum absolute atomic E-state index is 0.158. The molecule has 1 rings (SSSR count). The molecule has 1 atom stereocenters. The van der Waals surface area contributed by atoms with Crippen LogP contribution in [0.25, 0.3) is 0 Å². The summed E-state index contributed by atoms with van der Waals surface area (Å²) in [5, 5.41) is 9.66. The molecular formula is C11H22N2O2. The van der Waals surface area contributed by atoms with Gasteiger partial charge in [-0.2, -0.15) is 0 Å². The van der Waals surface area contributed by atoms with Crippen LogP contribution in [-0.4, -0.2) is 59.6 Å². The van der Waals surface area contributed by atoms with Crippen molar-refractivity contribution in [3.8, 4) is 0 Å². The van der Waals surface area contributed by atoms with Crippen molar-refractivity contribution in [1.29, 1.82) is 0 Å². The number of likely N-dealkylation sites (tertiary alicyclic amines) is 1. The Bertz CT molecular complexity index is 233. The van der Waals surface area contributed by atoms with Gasteiger partial charge in [-0.05, 0) is 40.8 Å². The standard InChI is InChI=1S/C11H22N2O2/c1-11(2,15)10(14)13-7-5-6-9(8-13)12(3)4/h9,15H,5-8H2,1-4H3. The second kappa shape index (κ2) is 4.49. The Balaban J connectivity index is 2.60. The number of carbonyl (C=O) groups excluding carboxylic acids is 1. The highest BCUT2D eigenvalue weighted by Gasteiger charge is 2.32. The summed E-state index contributed by atoms with van der Waals surface area (Å²) in [4.78, 5) is 15.8. The molecule has 0 radical (unpaired) electrons. The van der Waals surface area contributed by atoms with Crippen molar-refractivity contribution in [1.82, 2.24) is 9.80 Å². The highest BCUT2D eigenvalue weighted by molar-refractivity contribution is 5.84. The largest absolute Gasteiger partial charge is 0.381 e. The highest BCUT2D eigenvalue weighted by atomic mass is 16.3. The number of hydrogen-bond donors (Lipinski definition) is 1. The topological polar surface area (TPSA) is 43.8 Å². The lowest BCUT2D eigenvalue weighted by Crippen LogP contribution is -2.53. The summed E-state index contributed by atoms with van der Waals surface area (Å²) in [6, 6.07) is 0.421. The van der Waals surface area contributed by atoms with Gasteiger partial charge in [0.15, 0.2) is 0 Å². The van der Waals surface area contributed by atoms with Crippen molar-refractivity contribution in [3.05, 3.63) is 0 Å². The number of piperidine rings is 1. The Labute approximate surface area is 91.9 Å². The molecule has 4 nitrogen and oxygen atoms in total. The maximum Gasteiger partial charge on any atom is 0.254 e. The van der Waals surface area contributed by atoms with Gasteiger partial charge in [0.2, 0.25) is 0 Å². The first-order valence-corrected chi connectivity index (χ1v) is 5.50. The van der Waals surface area contributed by atoms with Crippen LogP contribution < -0.4 is 0 Å². The minimum Gasteiger partial charge on any atom is -0.381 e. The summed E-state index contributed by atoms with van der Waals surface area (Å²) in [6.07, 6.45) is 2.15. The molecule has 0 saturated carbocycles. The van der Waals surface area contributed by atoms with E-state index >= 15 is 0 Å². The maximum atomic E-state index is 11.8. The third kappa shape index (κ3) is 3.18. The fourth-order valence-electron chi connectivity index (χ4n) is 1.95. The van der Waals surface area contributed by atoms with Crippen LogP contribution in [0.2, 0.25) is 0 Å². The third-order valence-corrected chi connectivity index (χ3v) is 2.94. The second-order valence-electron chi connectivity index (χ2n) is 5.07. The van der Waals surface area contributed by atoms with E-state index in [1.807, 2.05) is 14.1 Å². The van der Waals surface area contributed by atoms with Gasteiger partial charge in [0.05, 0.1) is 0 Å².